The molecule has 0 unspecified atom stereocenters. The summed E-state index contributed by atoms with van der Waals surface area (Å²) in [5.41, 5.74) is 1.73. The van der Waals surface area contributed by atoms with Crippen LogP contribution in [0.1, 0.15) is 19.4 Å². The van der Waals surface area contributed by atoms with Crippen molar-refractivity contribution in [3.05, 3.63) is 28.8 Å². The number of carbonyl (C=O) groups is 1. The van der Waals surface area contributed by atoms with E-state index >= 15 is 0 Å². The van der Waals surface area contributed by atoms with E-state index in [1.165, 1.54) is 0 Å². The summed E-state index contributed by atoms with van der Waals surface area (Å²) in [6.45, 7) is 5.03. The second-order valence-electron chi connectivity index (χ2n) is 5.04. The fourth-order valence-electron chi connectivity index (χ4n) is 2.52. The highest BCUT2D eigenvalue weighted by molar-refractivity contribution is 6.30. The molecule has 2 atom stereocenters. The molecule has 1 fully saturated rings. The van der Waals surface area contributed by atoms with E-state index < -0.39 is 6.10 Å². The van der Waals surface area contributed by atoms with E-state index in [9.17, 15) is 9.90 Å². The van der Waals surface area contributed by atoms with Crippen molar-refractivity contribution in [3.8, 4) is 0 Å². The molecule has 1 heterocycles. The van der Waals surface area contributed by atoms with Crippen LogP contribution in [-0.4, -0.2) is 47.9 Å². The number of urea groups is 1. The molecule has 116 valence electrons. The summed E-state index contributed by atoms with van der Waals surface area (Å²) in [6.07, 6.45) is 0.142. The fraction of sp³-hybridized carbons (Fsp3) is 0.533. The molecule has 2 N–H and O–H groups in total. The molecule has 1 aromatic carbocycles. The predicted molar refractivity (Wildman–Crippen MR) is 82.8 cm³/mol. The lowest BCUT2D eigenvalue weighted by molar-refractivity contribution is 0.1000. The van der Waals surface area contributed by atoms with Crippen molar-refractivity contribution in [2.24, 2.45) is 0 Å². The van der Waals surface area contributed by atoms with Gasteiger partial charge < -0.3 is 20.1 Å². The van der Waals surface area contributed by atoms with Crippen LogP contribution in [0.2, 0.25) is 5.02 Å². The zero-order chi connectivity index (χ0) is 15.4. The standard InChI is InChI=1S/C15H21ClN2O3/c1-3-10-7-11(16)5-6-12(10)17-15(20)18(4-2)13-8-21-9-14(13)19/h5-7,13-14,19H,3-4,8-9H2,1-2H3,(H,17,20)/t13-,14-/m0/s1. The van der Waals surface area contributed by atoms with Gasteiger partial charge in [-0.25, -0.2) is 4.79 Å². The first-order chi connectivity index (χ1) is 10.1. The van der Waals surface area contributed by atoms with E-state index in [0.29, 0.717) is 18.2 Å². The Kier molecular flexibility index (Phi) is 5.45. The largest absolute Gasteiger partial charge is 0.388 e. The minimum Gasteiger partial charge on any atom is -0.388 e. The van der Waals surface area contributed by atoms with Crippen LogP contribution >= 0.6 is 11.6 Å². The lowest BCUT2D eigenvalue weighted by Crippen LogP contribution is -2.48. The number of ether oxygens (including phenoxy) is 1. The minimum absolute atomic E-state index is 0.232. The van der Waals surface area contributed by atoms with E-state index in [4.69, 9.17) is 16.3 Å². The van der Waals surface area contributed by atoms with E-state index in [1.807, 2.05) is 19.9 Å². The Labute approximate surface area is 129 Å². The zero-order valence-corrected chi connectivity index (χ0v) is 13.1. The van der Waals surface area contributed by atoms with Gasteiger partial charge in [-0.05, 0) is 37.1 Å². The summed E-state index contributed by atoms with van der Waals surface area (Å²) in [6, 6.07) is 4.87. The lowest BCUT2D eigenvalue weighted by atomic mass is 10.1. The molecule has 2 amide bonds. The number of likely N-dealkylation sites (N-methyl/N-ethyl adjacent to an activating group) is 1. The van der Waals surface area contributed by atoms with Crippen molar-refractivity contribution < 1.29 is 14.6 Å². The number of hydrogen-bond acceptors (Lipinski definition) is 3. The van der Waals surface area contributed by atoms with Gasteiger partial charge in [0.25, 0.3) is 0 Å². The number of nitrogens with one attached hydrogen (secondary N) is 1. The predicted octanol–water partition coefficient (Wildman–Crippen LogP) is 2.52. The third-order valence-electron chi connectivity index (χ3n) is 3.71. The minimum atomic E-state index is -0.633. The van der Waals surface area contributed by atoms with Gasteiger partial charge in [-0.1, -0.05) is 18.5 Å². The van der Waals surface area contributed by atoms with Crippen molar-refractivity contribution >= 4 is 23.3 Å². The molecule has 0 bridgehead atoms. The molecule has 0 saturated carbocycles. The highest BCUT2D eigenvalue weighted by atomic mass is 35.5. The molecule has 1 aromatic rings. The number of aryl methyl sites for hydroxylation is 1. The second kappa shape index (κ2) is 7.11. The van der Waals surface area contributed by atoms with Crippen molar-refractivity contribution in [1.29, 1.82) is 0 Å². The molecule has 2 rings (SSSR count). The van der Waals surface area contributed by atoms with E-state index in [0.717, 1.165) is 17.7 Å². The first-order valence-corrected chi connectivity index (χ1v) is 7.56. The number of anilines is 1. The quantitative estimate of drug-likeness (QED) is 0.898. The third kappa shape index (κ3) is 3.67. The number of benzene rings is 1. The highest BCUT2D eigenvalue weighted by Gasteiger charge is 2.33. The van der Waals surface area contributed by atoms with Gasteiger partial charge in [0.05, 0.1) is 25.4 Å². The molecule has 5 nitrogen and oxygen atoms in total. The van der Waals surface area contributed by atoms with Gasteiger partial charge in [-0.15, -0.1) is 0 Å². The number of hydrogen-bond donors (Lipinski definition) is 2. The van der Waals surface area contributed by atoms with Crippen molar-refractivity contribution in [1.82, 2.24) is 4.90 Å². The van der Waals surface area contributed by atoms with Gasteiger partial charge in [0.15, 0.2) is 0 Å². The third-order valence-corrected chi connectivity index (χ3v) is 3.95. The first kappa shape index (κ1) is 16.1. The Hall–Kier alpha value is -1.30. The maximum absolute atomic E-state index is 12.4. The molecular weight excluding hydrogens is 292 g/mol. The monoisotopic (exact) mass is 312 g/mol. The number of carbonyl (C=O) groups excluding carboxylic acids is 1. The Bertz CT molecular complexity index is 510. The molecule has 0 spiro atoms. The van der Waals surface area contributed by atoms with Crippen LogP contribution in [-0.2, 0) is 11.2 Å². The van der Waals surface area contributed by atoms with Crippen LogP contribution < -0.4 is 5.32 Å². The summed E-state index contributed by atoms with van der Waals surface area (Å²) >= 11 is 5.97. The summed E-state index contributed by atoms with van der Waals surface area (Å²) in [7, 11) is 0. The molecule has 0 aromatic heterocycles. The normalized spacial score (nSPS) is 21.3. The summed E-state index contributed by atoms with van der Waals surface area (Å²) in [4.78, 5) is 14.0. The number of rotatable bonds is 4. The number of amides is 2. The average molecular weight is 313 g/mol. The number of aliphatic hydroxyl groups excluding tert-OH is 1. The highest BCUT2D eigenvalue weighted by Crippen LogP contribution is 2.22. The van der Waals surface area contributed by atoms with Crippen LogP contribution in [0.5, 0.6) is 0 Å². The first-order valence-electron chi connectivity index (χ1n) is 7.18. The molecule has 0 radical (unpaired) electrons. The zero-order valence-electron chi connectivity index (χ0n) is 12.3. The number of aliphatic hydroxyl groups is 1. The summed E-state index contributed by atoms with van der Waals surface area (Å²) < 4.78 is 5.22. The molecular formula is C15H21ClN2O3. The van der Waals surface area contributed by atoms with Crippen LogP contribution in [0, 0.1) is 0 Å². The summed E-state index contributed by atoms with van der Waals surface area (Å²) in [5.74, 6) is 0. The maximum atomic E-state index is 12.4. The van der Waals surface area contributed by atoms with Gasteiger partial charge in [-0.2, -0.15) is 0 Å². The Balaban J connectivity index is 2.12. The van der Waals surface area contributed by atoms with E-state index in [-0.39, 0.29) is 18.7 Å². The number of nitrogens with zero attached hydrogens (tertiary/aromatic N) is 1. The topological polar surface area (TPSA) is 61.8 Å². The summed E-state index contributed by atoms with van der Waals surface area (Å²) in [5, 5.41) is 13.4. The Morgan fingerprint density at radius 3 is 2.81 bits per heavy atom. The van der Waals surface area contributed by atoms with Crippen molar-refractivity contribution in [3.63, 3.8) is 0 Å². The molecule has 0 aliphatic carbocycles. The maximum Gasteiger partial charge on any atom is 0.322 e. The smallest absolute Gasteiger partial charge is 0.322 e. The van der Waals surface area contributed by atoms with Gasteiger partial charge >= 0.3 is 6.03 Å². The van der Waals surface area contributed by atoms with Crippen molar-refractivity contribution in [2.45, 2.75) is 32.4 Å². The van der Waals surface area contributed by atoms with Gasteiger partial charge in [0, 0.05) is 17.3 Å². The Morgan fingerprint density at radius 1 is 1.48 bits per heavy atom. The molecule has 1 aliphatic heterocycles. The van der Waals surface area contributed by atoms with Gasteiger partial charge in [0.1, 0.15) is 0 Å². The van der Waals surface area contributed by atoms with Crippen LogP contribution in [0.15, 0.2) is 18.2 Å². The fourth-order valence-corrected chi connectivity index (χ4v) is 2.72. The SMILES string of the molecule is CCc1cc(Cl)ccc1NC(=O)N(CC)[C@H]1COC[C@@H]1O. The molecule has 1 saturated heterocycles. The molecule has 6 heteroatoms. The van der Waals surface area contributed by atoms with Crippen LogP contribution in [0.3, 0.4) is 0 Å². The van der Waals surface area contributed by atoms with Gasteiger partial charge in [0.2, 0.25) is 0 Å². The second-order valence-corrected chi connectivity index (χ2v) is 5.48. The molecule has 21 heavy (non-hydrogen) atoms. The average Bonchev–Trinajstić information content (AvgIpc) is 2.88. The Morgan fingerprint density at radius 2 is 2.24 bits per heavy atom. The van der Waals surface area contributed by atoms with E-state index in [2.05, 4.69) is 5.32 Å². The van der Waals surface area contributed by atoms with E-state index in [1.54, 1.807) is 17.0 Å². The van der Waals surface area contributed by atoms with Crippen LogP contribution in [0.25, 0.3) is 0 Å². The van der Waals surface area contributed by atoms with Crippen LogP contribution in [0.4, 0.5) is 10.5 Å². The lowest BCUT2D eigenvalue weighted by Gasteiger charge is -2.29. The van der Waals surface area contributed by atoms with Crippen molar-refractivity contribution in [2.75, 3.05) is 25.1 Å². The van der Waals surface area contributed by atoms with Gasteiger partial charge in [-0.3, -0.25) is 0 Å². The number of halogens is 1. The molecule has 1 aliphatic rings.